The Labute approximate surface area is 182 Å². The first-order valence-electron chi connectivity index (χ1n) is 10.3. The number of carbonyl (C=O) groups excluding carboxylic acids is 3. The smallest absolute Gasteiger partial charge is 0.408 e. The van der Waals surface area contributed by atoms with E-state index in [1.165, 1.54) is 6.92 Å². The van der Waals surface area contributed by atoms with Crippen molar-refractivity contribution in [1.82, 2.24) is 10.6 Å². The maximum Gasteiger partial charge on any atom is 0.408 e. The van der Waals surface area contributed by atoms with Crippen LogP contribution in [-0.4, -0.2) is 47.7 Å². The molecule has 0 saturated carbocycles. The van der Waals surface area contributed by atoms with Crippen LogP contribution in [0.1, 0.15) is 46.1 Å². The van der Waals surface area contributed by atoms with Gasteiger partial charge in [0.2, 0.25) is 5.91 Å². The molecule has 2 amide bonds. The van der Waals surface area contributed by atoms with Gasteiger partial charge in [-0.1, -0.05) is 51.1 Å². The summed E-state index contributed by atoms with van der Waals surface area (Å²) in [5.74, 6) is -3.14. The standard InChI is InChI=1S/C22H32N2O7/c1-5-30-21(28)15(4)12-18(20(26)27)23-19(25)17(11-14(2)3)24-22(29)31-13-16-9-7-6-8-10-16/h6-10,14-15,17-18H,5,11-13H2,1-4H3,(H,23,25)(H,24,29)(H,26,27)/t15-,17+,18-/m1/s1. The van der Waals surface area contributed by atoms with Crippen LogP contribution in [0.25, 0.3) is 0 Å². The molecule has 3 N–H and O–H groups in total. The average Bonchev–Trinajstić information content (AvgIpc) is 2.71. The monoisotopic (exact) mass is 436 g/mol. The predicted octanol–water partition coefficient (Wildman–Crippen LogP) is 2.49. The minimum atomic E-state index is -1.30. The van der Waals surface area contributed by atoms with Crippen LogP contribution in [0.15, 0.2) is 30.3 Å². The van der Waals surface area contributed by atoms with Crippen molar-refractivity contribution in [3.63, 3.8) is 0 Å². The van der Waals surface area contributed by atoms with Crippen LogP contribution < -0.4 is 10.6 Å². The number of amides is 2. The maximum absolute atomic E-state index is 12.7. The molecule has 0 bridgehead atoms. The Morgan fingerprint density at radius 1 is 0.935 bits per heavy atom. The zero-order valence-electron chi connectivity index (χ0n) is 18.4. The fourth-order valence-corrected chi connectivity index (χ4v) is 2.84. The molecule has 0 aliphatic rings. The van der Waals surface area contributed by atoms with Gasteiger partial charge in [-0.25, -0.2) is 9.59 Å². The molecule has 0 aliphatic heterocycles. The van der Waals surface area contributed by atoms with E-state index in [1.807, 2.05) is 32.0 Å². The fourth-order valence-electron chi connectivity index (χ4n) is 2.84. The fraction of sp³-hybridized carbons (Fsp3) is 0.545. The van der Waals surface area contributed by atoms with E-state index in [0.717, 1.165) is 5.56 Å². The van der Waals surface area contributed by atoms with E-state index in [2.05, 4.69) is 10.6 Å². The first kappa shape index (κ1) is 25.9. The number of hydrogen-bond donors (Lipinski definition) is 3. The minimum absolute atomic E-state index is 0.0392. The van der Waals surface area contributed by atoms with E-state index in [-0.39, 0.29) is 32.0 Å². The van der Waals surface area contributed by atoms with E-state index in [1.54, 1.807) is 19.1 Å². The number of nitrogens with one attached hydrogen (secondary N) is 2. The van der Waals surface area contributed by atoms with Crippen molar-refractivity contribution in [3.05, 3.63) is 35.9 Å². The van der Waals surface area contributed by atoms with Gasteiger partial charge in [-0.3, -0.25) is 9.59 Å². The SMILES string of the molecule is CCOC(=O)[C@H](C)C[C@@H](NC(=O)[C@H](CC(C)C)NC(=O)OCc1ccccc1)C(=O)O. The third kappa shape index (κ3) is 9.97. The number of carbonyl (C=O) groups is 4. The molecular formula is C22H32N2O7. The minimum Gasteiger partial charge on any atom is -0.480 e. The number of carboxylic acids is 1. The van der Waals surface area contributed by atoms with E-state index in [9.17, 15) is 24.3 Å². The second kappa shape index (κ2) is 13.3. The maximum atomic E-state index is 12.7. The normalized spacial score (nSPS) is 13.6. The Kier molecular flexibility index (Phi) is 11.1. The van der Waals surface area contributed by atoms with Gasteiger partial charge in [0.05, 0.1) is 12.5 Å². The molecule has 0 unspecified atom stereocenters. The van der Waals surface area contributed by atoms with Gasteiger partial charge in [0.1, 0.15) is 18.7 Å². The molecule has 0 saturated heterocycles. The zero-order valence-corrected chi connectivity index (χ0v) is 18.4. The van der Waals surface area contributed by atoms with Gasteiger partial charge < -0.3 is 25.2 Å². The molecule has 172 valence electrons. The lowest BCUT2D eigenvalue weighted by atomic mass is 10.00. The molecule has 0 heterocycles. The molecular weight excluding hydrogens is 404 g/mol. The molecule has 9 nitrogen and oxygen atoms in total. The van der Waals surface area contributed by atoms with Crippen LogP contribution in [0.2, 0.25) is 0 Å². The molecule has 0 spiro atoms. The summed E-state index contributed by atoms with van der Waals surface area (Å²) >= 11 is 0. The van der Waals surface area contributed by atoms with Gasteiger partial charge in [-0.15, -0.1) is 0 Å². The Balaban J connectivity index is 2.74. The molecule has 31 heavy (non-hydrogen) atoms. The lowest BCUT2D eigenvalue weighted by molar-refractivity contribution is -0.149. The molecule has 9 heteroatoms. The summed E-state index contributed by atoms with van der Waals surface area (Å²) in [6.07, 6.45) is -0.630. The van der Waals surface area contributed by atoms with Gasteiger partial charge in [0.25, 0.3) is 0 Å². The van der Waals surface area contributed by atoms with E-state index >= 15 is 0 Å². The van der Waals surface area contributed by atoms with Crippen LogP contribution in [0.3, 0.4) is 0 Å². The molecule has 0 aromatic heterocycles. The highest BCUT2D eigenvalue weighted by atomic mass is 16.5. The molecule has 3 atom stereocenters. The molecule has 1 aromatic rings. The van der Waals surface area contributed by atoms with Gasteiger partial charge in [0, 0.05) is 0 Å². The second-order valence-electron chi connectivity index (χ2n) is 7.68. The summed E-state index contributed by atoms with van der Waals surface area (Å²) < 4.78 is 10.0. The summed E-state index contributed by atoms with van der Waals surface area (Å²) in [5.41, 5.74) is 0.793. The third-order valence-corrected chi connectivity index (χ3v) is 4.42. The third-order valence-electron chi connectivity index (χ3n) is 4.42. The molecule has 0 fully saturated rings. The number of rotatable bonds is 12. The largest absolute Gasteiger partial charge is 0.480 e. The lowest BCUT2D eigenvalue weighted by Gasteiger charge is -2.23. The number of carboxylic acid groups (broad SMARTS) is 1. The first-order chi connectivity index (χ1) is 14.6. The van der Waals surface area contributed by atoms with Gasteiger partial charge in [0.15, 0.2) is 0 Å². The van der Waals surface area contributed by atoms with Crippen LogP contribution in [0.4, 0.5) is 4.79 Å². The number of alkyl carbamates (subject to hydrolysis) is 1. The summed E-state index contributed by atoms with van der Waals surface area (Å²) in [7, 11) is 0. The van der Waals surface area contributed by atoms with Gasteiger partial charge in [-0.2, -0.15) is 0 Å². The Morgan fingerprint density at radius 3 is 2.13 bits per heavy atom. The highest BCUT2D eigenvalue weighted by molar-refractivity contribution is 5.89. The summed E-state index contributed by atoms with van der Waals surface area (Å²) in [5, 5.41) is 14.4. The highest BCUT2D eigenvalue weighted by Crippen LogP contribution is 2.11. The van der Waals surface area contributed by atoms with Crippen molar-refractivity contribution in [1.29, 1.82) is 0 Å². The van der Waals surface area contributed by atoms with Gasteiger partial charge >= 0.3 is 18.0 Å². The quantitative estimate of drug-likeness (QED) is 0.429. The molecule has 1 aromatic carbocycles. The van der Waals surface area contributed by atoms with Crippen molar-refractivity contribution in [2.75, 3.05) is 6.61 Å². The summed E-state index contributed by atoms with van der Waals surface area (Å²) in [4.78, 5) is 48.3. The summed E-state index contributed by atoms with van der Waals surface area (Å²) in [6, 6.07) is 6.78. The number of hydrogen-bond acceptors (Lipinski definition) is 6. The Bertz CT molecular complexity index is 737. The van der Waals surface area contributed by atoms with Crippen molar-refractivity contribution in [2.45, 2.75) is 59.2 Å². The predicted molar refractivity (Wildman–Crippen MR) is 113 cm³/mol. The van der Waals surface area contributed by atoms with Crippen LogP contribution in [-0.2, 0) is 30.5 Å². The zero-order chi connectivity index (χ0) is 23.4. The molecule has 1 rings (SSSR count). The Morgan fingerprint density at radius 2 is 1.58 bits per heavy atom. The second-order valence-corrected chi connectivity index (χ2v) is 7.68. The van der Waals surface area contributed by atoms with E-state index in [4.69, 9.17) is 9.47 Å². The van der Waals surface area contributed by atoms with Crippen molar-refractivity contribution in [2.24, 2.45) is 11.8 Å². The van der Waals surface area contributed by atoms with Crippen molar-refractivity contribution in [3.8, 4) is 0 Å². The Hall–Kier alpha value is -3.10. The summed E-state index contributed by atoms with van der Waals surface area (Å²) in [6.45, 7) is 7.14. The highest BCUT2D eigenvalue weighted by Gasteiger charge is 2.30. The average molecular weight is 437 g/mol. The van der Waals surface area contributed by atoms with Crippen molar-refractivity contribution >= 4 is 23.9 Å². The first-order valence-corrected chi connectivity index (χ1v) is 10.3. The van der Waals surface area contributed by atoms with Gasteiger partial charge in [-0.05, 0) is 31.2 Å². The van der Waals surface area contributed by atoms with Crippen LogP contribution >= 0.6 is 0 Å². The van der Waals surface area contributed by atoms with Crippen LogP contribution in [0, 0.1) is 11.8 Å². The van der Waals surface area contributed by atoms with E-state index < -0.39 is 41.9 Å². The number of benzene rings is 1. The van der Waals surface area contributed by atoms with Crippen LogP contribution in [0.5, 0.6) is 0 Å². The lowest BCUT2D eigenvalue weighted by Crippen LogP contribution is -2.52. The number of aliphatic carboxylic acids is 1. The molecule has 0 aliphatic carbocycles. The number of esters is 1. The van der Waals surface area contributed by atoms with E-state index in [0.29, 0.717) is 0 Å². The topological polar surface area (TPSA) is 131 Å². The number of ether oxygens (including phenoxy) is 2. The molecule has 0 radical (unpaired) electrons. The van der Waals surface area contributed by atoms with Crippen molar-refractivity contribution < 1.29 is 33.8 Å².